The number of nitrogens with zero attached hydrogens (tertiary/aromatic N) is 2. The number of unbranched alkanes of at least 4 members (excludes halogenated alkanes) is 2. The number of carbonyl (C=O) groups excluding carboxylic acids is 2. The van der Waals surface area contributed by atoms with Gasteiger partial charge in [-0.3, -0.25) is 4.90 Å². The van der Waals surface area contributed by atoms with Gasteiger partial charge in [-0.1, -0.05) is 109 Å². The highest BCUT2D eigenvalue weighted by atomic mass is 16.8. The number of allylic oxidation sites excluding steroid dienone is 1. The molecule has 0 bridgehead atoms. The van der Waals surface area contributed by atoms with Crippen LogP contribution >= 0.6 is 0 Å². The zero-order chi connectivity index (χ0) is 48.0. The standard InChI is InChI=1S/C56H67N3O10/c1-3-5-32-65-55(63)59(38-42-23-17-22-40-20-9-10-24-44(40)42)50-36-48(58-69-51-26-13-16-33-64-51)46-34-41(21-11-14-29-60)45(25-12-15-30-61)52-47-35-43(67-54(62)57-37-39-18-7-6-8-19-39)27-28-49(47)68-56(50,53(46)52)66-31-4-2/h3-4,6-10,17-20,22-24,27-28,34-35,41,45,50-53,60-61H,1-2,5,11-16,21,25-26,29-33,36-38H2,(H,57,62)/t41-,45+,50-,51?,52+,53+,56+/m0/s1. The molecular weight excluding hydrogens is 875 g/mol. The Balaban J connectivity index is 1.31. The second-order valence-electron chi connectivity index (χ2n) is 18.4. The van der Waals surface area contributed by atoms with Crippen LogP contribution in [0.5, 0.6) is 11.5 Å². The van der Waals surface area contributed by atoms with Crippen LogP contribution in [0.25, 0.3) is 10.8 Å². The average molecular weight is 942 g/mol. The zero-order valence-corrected chi connectivity index (χ0v) is 39.6. The van der Waals surface area contributed by atoms with Crippen LogP contribution in [0.15, 0.2) is 133 Å². The Morgan fingerprint density at radius 2 is 1.71 bits per heavy atom. The molecule has 0 aromatic heterocycles. The van der Waals surface area contributed by atoms with E-state index in [2.05, 4.69) is 42.7 Å². The summed E-state index contributed by atoms with van der Waals surface area (Å²) in [5.74, 6) is -1.66. The molecule has 1 unspecified atom stereocenters. The molecule has 7 atom stereocenters. The summed E-state index contributed by atoms with van der Waals surface area (Å²) in [6.07, 6.45) is 11.5. The lowest BCUT2D eigenvalue weighted by molar-refractivity contribution is -0.256. The molecule has 1 saturated heterocycles. The van der Waals surface area contributed by atoms with Gasteiger partial charge >= 0.3 is 12.2 Å². The van der Waals surface area contributed by atoms with Gasteiger partial charge in [0.15, 0.2) is 0 Å². The SMILES string of the molecule is C=CCCOC(=O)N(Cc1cccc2ccccc12)[C@H]1CC(=NOC2CCCCO2)C2=C[C@H](CCCCO)[C@@H](CCCCO)[C@@H]3c4cc(OC(=O)NCc5ccccc5)ccc4O[C@@]1(OCC=C)[C@H]23. The minimum absolute atomic E-state index is 0.00312. The van der Waals surface area contributed by atoms with Gasteiger partial charge < -0.3 is 44.1 Å². The van der Waals surface area contributed by atoms with E-state index in [1.165, 1.54) is 0 Å². The van der Waals surface area contributed by atoms with Crippen LogP contribution in [0, 0.1) is 17.8 Å². The van der Waals surface area contributed by atoms with Crippen LogP contribution < -0.4 is 14.8 Å². The summed E-state index contributed by atoms with van der Waals surface area (Å²) in [5, 5.41) is 30.0. The van der Waals surface area contributed by atoms with Crippen molar-refractivity contribution in [1.29, 1.82) is 0 Å². The molecule has 69 heavy (non-hydrogen) atoms. The summed E-state index contributed by atoms with van der Waals surface area (Å²) in [7, 11) is 0. The molecule has 1 saturated carbocycles. The van der Waals surface area contributed by atoms with E-state index in [0.29, 0.717) is 56.0 Å². The van der Waals surface area contributed by atoms with E-state index in [1.807, 2.05) is 66.7 Å². The highest BCUT2D eigenvalue weighted by Gasteiger charge is 2.66. The van der Waals surface area contributed by atoms with Gasteiger partial charge in [-0.05, 0) is 102 Å². The van der Waals surface area contributed by atoms with Gasteiger partial charge in [0.2, 0.25) is 12.1 Å². The first-order valence-electron chi connectivity index (χ1n) is 24.7. The molecule has 13 heteroatoms. The number of aliphatic hydroxyl groups excluding tert-OH is 2. The zero-order valence-electron chi connectivity index (χ0n) is 39.6. The van der Waals surface area contributed by atoms with Gasteiger partial charge in [-0.25, -0.2) is 9.59 Å². The molecule has 2 aliphatic carbocycles. The minimum atomic E-state index is -1.54. The van der Waals surface area contributed by atoms with E-state index in [9.17, 15) is 15.0 Å². The lowest BCUT2D eigenvalue weighted by Gasteiger charge is -2.60. The van der Waals surface area contributed by atoms with Crippen molar-refractivity contribution in [2.24, 2.45) is 22.9 Å². The number of rotatable bonds is 22. The molecule has 4 aromatic rings. The first kappa shape index (κ1) is 49.4. The third-order valence-corrected chi connectivity index (χ3v) is 13.9. The van der Waals surface area contributed by atoms with E-state index in [1.54, 1.807) is 23.1 Å². The van der Waals surface area contributed by atoms with Crippen molar-refractivity contribution < 1.29 is 48.3 Å². The highest BCUT2D eigenvalue weighted by molar-refractivity contribution is 6.03. The fraction of sp³-hybridized carbons (Fsp3) is 0.446. The van der Waals surface area contributed by atoms with Crippen LogP contribution in [-0.2, 0) is 32.1 Å². The van der Waals surface area contributed by atoms with E-state index < -0.39 is 36.2 Å². The topological polar surface area (TPSA) is 158 Å². The Labute approximate surface area is 405 Å². The predicted molar refractivity (Wildman–Crippen MR) is 265 cm³/mol. The third-order valence-electron chi connectivity index (χ3n) is 13.9. The maximum Gasteiger partial charge on any atom is 0.412 e. The quantitative estimate of drug-likeness (QED) is 0.0394. The van der Waals surface area contributed by atoms with Crippen molar-refractivity contribution in [1.82, 2.24) is 10.2 Å². The van der Waals surface area contributed by atoms with Crippen molar-refractivity contribution in [3.05, 3.63) is 145 Å². The van der Waals surface area contributed by atoms with Gasteiger partial charge in [0, 0.05) is 44.1 Å². The molecular formula is C56H67N3O10. The monoisotopic (exact) mass is 941 g/mol. The molecule has 2 fully saturated rings. The van der Waals surface area contributed by atoms with Crippen molar-refractivity contribution in [2.45, 2.75) is 108 Å². The summed E-state index contributed by atoms with van der Waals surface area (Å²) in [6.45, 7) is 9.29. The second kappa shape index (κ2) is 24.0. The van der Waals surface area contributed by atoms with E-state index >= 15 is 4.79 Å². The molecule has 3 N–H and O–H groups in total. The number of amides is 2. The van der Waals surface area contributed by atoms with E-state index in [0.717, 1.165) is 71.6 Å². The Morgan fingerprint density at radius 3 is 2.49 bits per heavy atom. The summed E-state index contributed by atoms with van der Waals surface area (Å²) >= 11 is 0. The molecule has 0 spiro atoms. The van der Waals surface area contributed by atoms with Gasteiger partial charge in [0.05, 0.1) is 38.0 Å². The summed E-state index contributed by atoms with van der Waals surface area (Å²) in [5.41, 5.74) is 4.19. The van der Waals surface area contributed by atoms with Gasteiger partial charge in [-0.2, -0.15) is 0 Å². The fourth-order valence-electron chi connectivity index (χ4n) is 10.8. The molecule has 4 aliphatic rings. The third kappa shape index (κ3) is 11.6. The maximum absolute atomic E-state index is 15.0. The number of fused-ring (bicyclic) bond motifs is 3. The van der Waals surface area contributed by atoms with Crippen LogP contribution in [0.3, 0.4) is 0 Å². The van der Waals surface area contributed by atoms with Crippen molar-refractivity contribution in [2.75, 3.05) is 33.0 Å². The smallest absolute Gasteiger partial charge is 0.412 e. The van der Waals surface area contributed by atoms with Crippen LogP contribution in [0.4, 0.5) is 9.59 Å². The van der Waals surface area contributed by atoms with Gasteiger partial charge in [0.1, 0.15) is 17.5 Å². The Hall–Kier alpha value is -5.99. The molecule has 0 radical (unpaired) electrons. The summed E-state index contributed by atoms with van der Waals surface area (Å²) in [4.78, 5) is 36.5. The number of oxime groups is 1. The summed E-state index contributed by atoms with van der Waals surface area (Å²) < 4.78 is 32.8. The van der Waals surface area contributed by atoms with E-state index in [4.69, 9.17) is 33.7 Å². The lowest BCUT2D eigenvalue weighted by Crippen LogP contribution is -2.70. The van der Waals surface area contributed by atoms with Crippen LogP contribution in [-0.4, -0.2) is 84.2 Å². The van der Waals surface area contributed by atoms with Gasteiger partial charge in [-0.15, -0.1) is 13.2 Å². The number of hydrogen-bond acceptors (Lipinski definition) is 11. The molecule has 2 amide bonds. The lowest BCUT2D eigenvalue weighted by atomic mass is 9.55. The Bertz CT molecular complexity index is 2430. The predicted octanol–water partition coefficient (Wildman–Crippen LogP) is 10.5. The Morgan fingerprint density at radius 1 is 0.913 bits per heavy atom. The molecule has 13 nitrogen and oxygen atoms in total. The van der Waals surface area contributed by atoms with Crippen LogP contribution in [0.2, 0.25) is 0 Å². The van der Waals surface area contributed by atoms with Crippen LogP contribution in [0.1, 0.15) is 93.2 Å². The highest BCUT2D eigenvalue weighted by Crippen LogP contribution is 2.62. The first-order valence-corrected chi connectivity index (χ1v) is 24.7. The summed E-state index contributed by atoms with van der Waals surface area (Å²) in [6, 6.07) is 28.4. The average Bonchev–Trinajstić information content (AvgIpc) is 3.38. The van der Waals surface area contributed by atoms with Gasteiger partial charge in [0.25, 0.3) is 0 Å². The normalized spacial score (nSPS) is 24.2. The molecule has 4 aromatic carbocycles. The maximum atomic E-state index is 15.0. The number of ether oxygens (including phenoxy) is 5. The molecule has 8 rings (SSSR count). The van der Waals surface area contributed by atoms with E-state index in [-0.39, 0.29) is 57.1 Å². The Kier molecular flexibility index (Phi) is 17.2. The number of aliphatic hydroxyl groups is 2. The first-order chi connectivity index (χ1) is 33.9. The van der Waals surface area contributed by atoms with Crippen molar-refractivity contribution in [3.63, 3.8) is 0 Å². The second-order valence-corrected chi connectivity index (χ2v) is 18.4. The number of hydrogen-bond donors (Lipinski definition) is 3. The molecule has 2 aliphatic heterocycles. The minimum Gasteiger partial charge on any atom is -0.459 e. The van der Waals surface area contributed by atoms with Crippen molar-refractivity contribution >= 4 is 28.7 Å². The number of carbonyl (C=O) groups is 2. The molecule has 2 heterocycles. The largest absolute Gasteiger partial charge is 0.459 e. The number of benzene rings is 4. The fourth-order valence-corrected chi connectivity index (χ4v) is 10.8. The number of nitrogens with one attached hydrogen (secondary N) is 1. The van der Waals surface area contributed by atoms with Crippen molar-refractivity contribution in [3.8, 4) is 11.5 Å². The molecule has 366 valence electrons.